The molecule has 0 aromatic heterocycles. The van der Waals surface area contributed by atoms with Crippen molar-refractivity contribution >= 4 is 17.6 Å². The summed E-state index contributed by atoms with van der Waals surface area (Å²) in [6, 6.07) is 4.61. The Morgan fingerprint density at radius 2 is 2.08 bits per heavy atom. The Balaban J connectivity index is 1.72. The third kappa shape index (κ3) is 8.04. The van der Waals surface area contributed by atoms with Crippen molar-refractivity contribution in [2.45, 2.75) is 38.3 Å². The lowest BCUT2D eigenvalue weighted by molar-refractivity contribution is -0.135. The van der Waals surface area contributed by atoms with Gasteiger partial charge < -0.3 is 40.4 Å². The minimum absolute atomic E-state index is 0.0453. The van der Waals surface area contributed by atoms with E-state index in [2.05, 4.69) is 10.3 Å². The summed E-state index contributed by atoms with van der Waals surface area (Å²) in [6.45, 7) is 2.95. The summed E-state index contributed by atoms with van der Waals surface area (Å²) in [7, 11) is 1.58. The minimum atomic E-state index is -0.917. The molecule has 0 bridgehead atoms. The van der Waals surface area contributed by atoms with Gasteiger partial charge in [-0.3, -0.25) is 9.59 Å². The number of amides is 2. The maximum absolute atomic E-state index is 13.2. The number of benzene rings is 1. The van der Waals surface area contributed by atoms with Gasteiger partial charge in [-0.05, 0) is 50.3 Å². The molecule has 2 aliphatic heterocycles. The van der Waals surface area contributed by atoms with Gasteiger partial charge in [-0.15, -0.1) is 0 Å². The first kappa shape index (κ1) is 28.2. The molecule has 0 spiro atoms. The fourth-order valence-corrected chi connectivity index (χ4v) is 4.22. The third-order valence-electron chi connectivity index (χ3n) is 6.32. The molecule has 2 atom stereocenters. The first-order chi connectivity index (χ1) is 17.8. The van der Waals surface area contributed by atoms with E-state index in [1.807, 2.05) is 13.0 Å². The molecule has 1 aromatic carbocycles. The molecule has 1 saturated heterocycles. The topological polar surface area (TPSA) is 156 Å². The monoisotopic (exact) mass is 516 g/mol. The number of aliphatic imine (C=N–C) groups is 1. The molecule has 5 N–H and O–H groups in total. The molecular weight excluding hydrogens is 480 g/mol. The summed E-state index contributed by atoms with van der Waals surface area (Å²) >= 11 is 0. The number of hydrogen-bond acceptors (Lipinski definition) is 8. The van der Waals surface area contributed by atoms with E-state index in [1.54, 1.807) is 19.2 Å². The van der Waals surface area contributed by atoms with Crippen LogP contribution in [0.1, 0.15) is 24.8 Å². The lowest BCUT2D eigenvalue weighted by Gasteiger charge is -2.30. The molecule has 3 rings (SSSR count). The Morgan fingerprint density at radius 1 is 1.35 bits per heavy atom. The summed E-state index contributed by atoms with van der Waals surface area (Å²) in [4.78, 5) is 31.7. The van der Waals surface area contributed by atoms with Crippen LogP contribution in [0.5, 0.6) is 11.5 Å². The highest BCUT2D eigenvalue weighted by Crippen LogP contribution is 2.31. The highest BCUT2D eigenvalue weighted by Gasteiger charge is 2.36. The highest BCUT2D eigenvalue weighted by atomic mass is 16.5. The largest absolute Gasteiger partial charge is 0.496 e. The van der Waals surface area contributed by atoms with Gasteiger partial charge in [0.2, 0.25) is 0 Å². The molecule has 1 fully saturated rings. The van der Waals surface area contributed by atoms with Crippen LogP contribution in [0.3, 0.4) is 0 Å². The number of aliphatic hydroxyl groups excluding tert-OH is 2. The van der Waals surface area contributed by atoms with Crippen molar-refractivity contribution in [2.75, 3.05) is 40.0 Å². The predicted octanol–water partition coefficient (Wildman–Crippen LogP) is 0.634. The summed E-state index contributed by atoms with van der Waals surface area (Å²) in [5.74, 6) is 0.971. The van der Waals surface area contributed by atoms with E-state index in [1.165, 1.54) is 23.3 Å². The zero-order valence-electron chi connectivity index (χ0n) is 21.3. The number of methoxy groups -OCH3 is 1. The molecule has 0 aliphatic carbocycles. The fourth-order valence-electron chi connectivity index (χ4n) is 4.22. The molecule has 37 heavy (non-hydrogen) atoms. The Bertz CT molecular complexity index is 1030. The predicted molar refractivity (Wildman–Crippen MR) is 137 cm³/mol. The van der Waals surface area contributed by atoms with E-state index >= 15 is 0 Å². The van der Waals surface area contributed by atoms with Crippen LogP contribution in [0, 0.1) is 12.8 Å². The molecule has 2 aliphatic rings. The van der Waals surface area contributed by atoms with Crippen molar-refractivity contribution in [1.82, 2.24) is 10.2 Å². The molecule has 0 radical (unpaired) electrons. The number of amidine groups is 1. The maximum atomic E-state index is 13.2. The highest BCUT2D eigenvalue weighted by molar-refractivity contribution is 6.03. The second-order valence-electron chi connectivity index (χ2n) is 9.02. The normalized spacial score (nSPS) is 18.6. The summed E-state index contributed by atoms with van der Waals surface area (Å²) in [5.41, 5.74) is 6.72. The van der Waals surface area contributed by atoms with Crippen LogP contribution in [-0.2, 0) is 14.3 Å². The van der Waals surface area contributed by atoms with Crippen LogP contribution in [0.15, 0.2) is 47.3 Å². The van der Waals surface area contributed by atoms with Gasteiger partial charge in [-0.25, -0.2) is 0 Å². The van der Waals surface area contributed by atoms with Crippen molar-refractivity contribution in [3.05, 3.63) is 47.9 Å². The molecule has 2 heterocycles. The Morgan fingerprint density at radius 3 is 2.78 bits per heavy atom. The van der Waals surface area contributed by atoms with Gasteiger partial charge in [0, 0.05) is 37.6 Å². The standard InChI is InChI=1S/C26H36N4O7/c1-17-22(35-2)4-3-5-23(17)37-20-13-25(33)30(15-20)21(12-18-7-10-36-11-8-18)26(34)29-24(27)6-9-28-14-19(32)16-31/h3-6,9,13,18-19,21,28,31-32H,7-8,10-12,14-16H2,1-2H3,(H2,27,29,34)/b9-6-. The molecule has 1 aromatic rings. The number of nitrogens with zero attached hydrogens (tertiary/aromatic N) is 2. The molecular formula is C26H36N4O7. The van der Waals surface area contributed by atoms with Gasteiger partial charge in [0.05, 0.1) is 26.4 Å². The van der Waals surface area contributed by atoms with Crippen LogP contribution in [-0.4, -0.2) is 84.9 Å². The van der Waals surface area contributed by atoms with E-state index < -0.39 is 18.1 Å². The quantitative estimate of drug-likeness (QED) is 0.231. The van der Waals surface area contributed by atoms with Crippen LogP contribution < -0.4 is 20.5 Å². The van der Waals surface area contributed by atoms with Crippen molar-refractivity contribution < 1.29 is 34.0 Å². The van der Waals surface area contributed by atoms with Gasteiger partial charge in [-0.2, -0.15) is 4.99 Å². The SMILES string of the molecule is COc1cccc(OC2=CC(=O)N(C(CC3CCOCC3)C(=O)N=C(N)/C=C\NCC(O)CO)C2)c1C. The van der Waals surface area contributed by atoms with Crippen molar-refractivity contribution in [3.8, 4) is 11.5 Å². The van der Waals surface area contributed by atoms with Crippen molar-refractivity contribution in [2.24, 2.45) is 16.6 Å². The van der Waals surface area contributed by atoms with E-state index in [-0.39, 0.29) is 37.4 Å². The number of nitrogens with one attached hydrogen (secondary N) is 1. The molecule has 202 valence electrons. The van der Waals surface area contributed by atoms with Crippen LogP contribution in [0.4, 0.5) is 0 Å². The van der Waals surface area contributed by atoms with Crippen LogP contribution in [0.25, 0.3) is 0 Å². The number of carbonyl (C=O) groups is 2. The first-order valence-electron chi connectivity index (χ1n) is 12.3. The van der Waals surface area contributed by atoms with Crippen molar-refractivity contribution in [1.29, 1.82) is 0 Å². The van der Waals surface area contributed by atoms with Gasteiger partial charge in [0.25, 0.3) is 11.8 Å². The molecule has 2 amide bonds. The number of aliphatic hydroxyl groups is 2. The Kier molecular flexibility index (Phi) is 10.5. The van der Waals surface area contributed by atoms with E-state index in [4.69, 9.17) is 25.1 Å². The van der Waals surface area contributed by atoms with E-state index in [0.717, 1.165) is 18.4 Å². The Hall–Kier alpha value is -3.41. The number of ether oxygens (including phenoxy) is 3. The maximum Gasteiger partial charge on any atom is 0.270 e. The second kappa shape index (κ2) is 13.8. The molecule has 11 nitrogen and oxygen atoms in total. The third-order valence-corrected chi connectivity index (χ3v) is 6.32. The summed E-state index contributed by atoms with van der Waals surface area (Å²) in [6.07, 6.45) is 5.32. The molecule has 2 unspecified atom stereocenters. The average Bonchev–Trinajstić information content (AvgIpc) is 3.26. The zero-order chi connectivity index (χ0) is 26.8. The second-order valence-corrected chi connectivity index (χ2v) is 9.02. The molecule has 0 saturated carbocycles. The van der Waals surface area contributed by atoms with Gasteiger partial charge in [0.1, 0.15) is 29.1 Å². The minimum Gasteiger partial charge on any atom is -0.496 e. The van der Waals surface area contributed by atoms with Crippen LogP contribution in [0.2, 0.25) is 0 Å². The average molecular weight is 517 g/mol. The smallest absolute Gasteiger partial charge is 0.270 e. The number of nitrogens with two attached hydrogens (primary N) is 1. The first-order valence-corrected chi connectivity index (χ1v) is 12.3. The Labute approximate surface area is 216 Å². The lowest BCUT2D eigenvalue weighted by Crippen LogP contribution is -2.44. The summed E-state index contributed by atoms with van der Waals surface area (Å²) < 4.78 is 16.8. The molecule has 11 heteroatoms. The fraction of sp³-hybridized carbons (Fsp3) is 0.500. The zero-order valence-corrected chi connectivity index (χ0v) is 21.3. The van der Waals surface area contributed by atoms with Crippen molar-refractivity contribution in [3.63, 3.8) is 0 Å². The lowest BCUT2D eigenvalue weighted by atomic mass is 9.91. The number of hydrogen-bond donors (Lipinski definition) is 4. The van der Waals surface area contributed by atoms with Gasteiger partial charge in [-0.1, -0.05) is 6.07 Å². The number of rotatable bonds is 12. The van der Waals surface area contributed by atoms with E-state index in [0.29, 0.717) is 36.9 Å². The number of carbonyl (C=O) groups excluding carboxylic acids is 2. The van der Waals surface area contributed by atoms with Crippen LogP contribution >= 0.6 is 0 Å². The van der Waals surface area contributed by atoms with Gasteiger partial charge >= 0.3 is 0 Å². The van der Waals surface area contributed by atoms with E-state index in [9.17, 15) is 14.7 Å². The van der Waals surface area contributed by atoms with Gasteiger partial charge in [0.15, 0.2) is 0 Å². The summed E-state index contributed by atoms with van der Waals surface area (Å²) in [5, 5.41) is 21.0.